The lowest BCUT2D eigenvalue weighted by Gasteiger charge is -2.53. The van der Waals surface area contributed by atoms with E-state index in [0.29, 0.717) is 42.5 Å². The number of nitrogens with zero attached hydrogens (tertiary/aromatic N) is 2. The van der Waals surface area contributed by atoms with Crippen molar-refractivity contribution in [2.75, 3.05) is 12.4 Å². The number of hydrogen-bond acceptors (Lipinski definition) is 5. The molecule has 0 saturated heterocycles. The fourth-order valence-corrected chi connectivity index (χ4v) is 6.11. The monoisotopic (exact) mass is 507 g/mol. The minimum Gasteiger partial charge on any atom is -0.493 e. The van der Waals surface area contributed by atoms with Crippen molar-refractivity contribution < 1.29 is 31.8 Å². The molecule has 1 aromatic heterocycles. The molecule has 2 N–H and O–H groups in total. The summed E-state index contributed by atoms with van der Waals surface area (Å²) in [6, 6.07) is 2.75. The zero-order valence-corrected chi connectivity index (χ0v) is 19.8. The molecule has 2 atom stereocenters. The minimum absolute atomic E-state index is 0.00786. The molecule has 0 amide bonds. The second-order valence-electron chi connectivity index (χ2n) is 9.87. The van der Waals surface area contributed by atoms with Gasteiger partial charge < -0.3 is 15.2 Å². The third-order valence-corrected chi connectivity index (χ3v) is 7.66. The maximum atomic E-state index is 14.9. The van der Waals surface area contributed by atoms with Crippen LogP contribution in [0.2, 0.25) is 0 Å². The molecule has 0 aliphatic heterocycles. The summed E-state index contributed by atoms with van der Waals surface area (Å²) in [7, 11) is 1.28. The summed E-state index contributed by atoms with van der Waals surface area (Å²) < 4.78 is 79.0. The molecule has 2 aliphatic carbocycles. The molecule has 1 fully saturated rings. The Balaban J connectivity index is 1.77. The first-order valence-electron chi connectivity index (χ1n) is 11.8. The Morgan fingerprint density at radius 2 is 1.83 bits per heavy atom. The highest BCUT2D eigenvalue weighted by Gasteiger charge is 2.66. The second kappa shape index (κ2) is 8.54. The number of ether oxygens (including phenoxy) is 1. The van der Waals surface area contributed by atoms with Gasteiger partial charge in [-0.05, 0) is 43.9 Å². The minimum atomic E-state index is -5.04. The van der Waals surface area contributed by atoms with Crippen molar-refractivity contribution in [3.63, 3.8) is 0 Å². The van der Waals surface area contributed by atoms with E-state index in [2.05, 4.69) is 15.3 Å². The van der Waals surface area contributed by atoms with Crippen molar-refractivity contribution in [1.82, 2.24) is 9.97 Å². The number of methoxy groups -OCH3 is 1. The van der Waals surface area contributed by atoms with E-state index in [1.807, 2.05) is 0 Å². The Kier molecular flexibility index (Phi) is 5.85. The van der Waals surface area contributed by atoms with Crippen molar-refractivity contribution in [3.8, 4) is 5.75 Å². The van der Waals surface area contributed by atoms with Crippen LogP contribution in [0.3, 0.4) is 0 Å². The van der Waals surface area contributed by atoms with Gasteiger partial charge in [0.1, 0.15) is 11.6 Å². The molecular weight excluding hydrogens is 481 g/mol. The van der Waals surface area contributed by atoms with Crippen molar-refractivity contribution in [3.05, 3.63) is 59.0 Å². The highest BCUT2D eigenvalue weighted by atomic mass is 19.4. The summed E-state index contributed by atoms with van der Waals surface area (Å²) in [5.74, 6) is -1.14. The van der Waals surface area contributed by atoms with Gasteiger partial charge in [-0.1, -0.05) is 25.3 Å². The SMILES string of the molecule is COc1c(F)ccc2c1C1(CCCCC1)CC(O)(C(F)(F)F)C2Nc1cc(F)cc2nc(C)ncc12. The van der Waals surface area contributed by atoms with Gasteiger partial charge >= 0.3 is 6.18 Å². The molecule has 192 valence electrons. The van der Waals surface area contributed by atoms with Crippen molar-refractivity contribution in [2.45, 2.75) is 68.7 Å². The zero-order valence-electron chi connectivity index (χ0n) is 19.8. The van der Waals surface area contributed by atoms with E-state index in [1.54, 1.807) is 6.92 Å². The number of hydrogen-bond donors (Lipinski definition) is 2. The number of halogens is 5. The molecule has 5 rings (SSSR count). The Bertz CT molecular complexity index is 1320. The van der Waals surface area contributed by atoms with Gasteiger partial charge in [0.05, 0.1) is 18.7 Å². The molecule has 2 aromatic carbocycles. The van der Waals surface area contributed by atoms with Crippen molar-refractivity contribution in [1.29, 1.82) is 0 Å². The smallest absolute Gasteiger partial charge is 0.419 e. The molecule has 3 aromatic rings. The van der Waals surface area contributed by atoms with Gasteiger partial charge in [-0.2, -0.15) is 13.2 Å². The summed E-state index contributed by atoms with van der Waals surface area (Å²) in [5, 5.41) is 14.5. The molecule has 1 saturated carbocycles. The van der Waals surface area contributed by atoms with Crippen LogP contribution in [0.5, 0.6) is 5.75 Å². The van der Waals surface area contributed by atoms with E-state index in [-0.39, 0.29) is 22.5 Å². The van der Waals surface area contributed by atoms with Crippen LogP contribution >= 0.6 is 0 Å². The van der Waals surface area contributed by atoms with Crippen LogP contribution in [-0.4, -0.2) is 34.0 Å². The molecule has 10 heteroatoms. The normalized spacial score (nSPS) is 23.5. The number of rotatable bonds is 3. The van der Waals surface area contributed by atoms with Gasteiger partial charge in [0, 0.05) is 34.3 Å². The van der Waals surface area contributed by atoms with Gasteiger partial charge in [-0.15, -0.1) is 0 Å². The lowest BCUT2D eigenvalue weighted by Crippen LogP contribution is -2.59. The van der Waals surface area contributed by atoms with Crippen LogP contribution in [0.1, 0.15) is 61.5 Å². The summed E-state index contributed by atoms with van der Waals surface area (Å²) in [6.45, 7) is 1.61. The van der Waals surface area contributed by atoms with E-state index in [9.17, 15) is 27.1 Å². The average Bonchev–Trinajstić information content (AvgIpc) is 2.81. The van der Waals surface area contributed by atoms with Crippen LogP contribution in [0, 0.1) is 18.6 Å². The van der Waals surface area contributed by atoms with Crippen LogP contribution in [0.15, 0.2) is 30.5 Å². The van der Waals surface area contributed by atoms with E-state index in [4.69, 9.17) is 4.74 Å². The Morgan fingerprint density at radius 3 is 2.50 bits per heavy atom. The third-order valence-electron chi connectivity index (χ3n) is 7.66. The maximum absolute atomic E-state index is 14.9. The van der Waals surface area contributed by atoms with Gasteiger partial charge in [0.15, 0.2) is 17.2 Å². The van der Waals surface area contributed by atoms with Crippen LogP contribution in [-0.2, 0) is 5.41 Å². The topological polar surface area (TPSA) is 67.3 Å². The second-order valence-corrected chi connectivity index (χ2v) is 9.87. The van der Waals surface area contributed by atoms with E-state index < -0.39 is 41.3 Å². The predicted octanol–water partition coefficient (Wildman–Crippen LogP) is 6.28. The van der Waals surface area contributed by atoms with Crippen LogP contribution in [0.25, 0.3) is 10.9 Å². The average molecular weight is 508 g/mol. The first-order valence-corrected chi connectivity index (χ1v) is 11.8. The summed E-state index contributed by atoms with van der Waals surface area (Å²) in [6.07, 6.45) is -1.45. The number of aliphatic hydroxyl groups is 1. The number of anilines is 1. The summed E-state index contributed by atoms with van der Waals surface area (Å²) in [5.41, 5.74) is -3.72. The Labute approximate surface area is 204 Å². The number of aryl methyl sites for hydroxylation is 1. The van der Waals surface area contributed by atoms with Crippen molar-refractivity contribution >= 4 is 16.6 Å². The first-order chi connectivity index (χ1) is 17.0. The number of aromatic nitrogens is 2. The molecule has 5 nitrogen and oxygen atoms in total. The van der Waals surface area contributed by atoms with Gasteiger partial charge in [0.25, 0.3) is 0 Å². The summed E-state index contributed by atoms with van der Waals surface area (Å²) >= 11 is 0. The summed E-state index contributed by atoms with van der Waals surface area (Å²) in [4.78, 5) is 8.28. The number of benzene rings is 2. The lowest BCUT2D eigenvalue weighted by atomic mass is 9.56. The van der Waals surface area contributed by atoms with Crippen LogP contribution < -0.4 is 10.1 Å². The van der Waals surface area contributed by atoms with Crippen LogP contribution in [0.4, 0.5) is 27.6 Å². The molecule has 2 aliphatic rings. The fraction of sp³-hybridized carbons (Fsp3) is 0.462. The molecule has 1 heterocycles. The highest BCUT2D eigenvalue weighted by Crippen LogP contribution is 2.60. The number of nitrogens with one attached hydrogen (secondary N) is 1. The quantitative estimate of drug-likeness (QED) is 0.409. The number of fused-ring (bicyclic) bond motifs is 3. The Hall–Kier alpha value is -3.01. The lowest BCUT2D eigenvalue weighted by molar-refractivity contribution is -0.277. The van der Waals surface area contributed by atoms with E-state index in [0.717, 1.165) is 24.6 Å². The molecular formula is C26H26F5N3O2. The largest absolute Gasteiger partial charge is 0.493 e. The maximum Gasteiger partial charge on any atom is 0.419 e. The molecule has 36 heavy (non-hydrogen) atoms. The first kappa shape index (κ1) is 24.7. The standard InChI is InChI=1S/C26H26F5N3O2/c1-14-32-12-17-19(33-14)10-15(27)11-20(17)34-23-16-6-7-18(28)22(36-2)21(16)24(8-4-3-5-9-24)13-25(23,35)26(29,30)31/h6-7,10-12,23,34-35H,3-5,8-9,13H2,1-2H3. The van der Waals surface area contributed by atoms with Gasteiger partial charge in [0.2, 0.25) is 0 Å². The van der Waals surface area contributed by atoms with Gasteiger partial charge in [-0.3, -0.25) is 0 Å². The molecule has 0 radical (unpaired) electrons. The zero-order chi connectivity index (χ0) is 25.9. The van der Waals surface area contributed by atoms with Gasteiger partial charge in [-0.25, -0.2) is 18.7 Å². The number of alkyl halides is 3. The third kappa shape index (κ3) is 3.77. The van der Waals surface area contributed by atoms with E-state index in [1.165, 1.54) is 19.4 Å². The fourth-order valence-electron chi connectivity index (χ4n) is 6.11. The Morgan fingerprint density at radius 1 is 1.11 bits per heavy atom. The predicted molar refractivity (Wildman–Crippen MR) is 124 cm³/mol. The van der Waals surface area contributed by atoms with Crippen molar-refractivity contribution in [2.24, 2.45) is 0 Å². The van der Waals surface area contributed by atoms with E-state index >= 15 is 0 Å². The molecule has 1 spiro atoms. The molecule has 2 unspecified atom stereocenters. The highest BCUT2D eigenvalue weighted by molar-refractivity contribution is 5.91. The molecule has 0 bridgehead atoms.